The fraction of sp³-hybridized carbons (Fsp3) is 0.857. The van der Waals surface area contributed by atoms with Crippen LogP contribution in [0.5, 0.6) is 0 Å². The number of carbonyl (C=O) groups is 2. The first kappa shape index (κ1) is 25.2. The number of aliphatic carboxylic acids is 1. The van der Waals surface area contributed by atoms with Gasteiger partial charge in [0.05, 0.1) is 17.5 Å². The van der Waals surface area contributed by atoms with E-state index in [0.717, 1.165) is 18.6 Å². The van der Waals surface area contributed by atoms with Gasteiger partial charge in [0, 0.05) is 17.5 Å². The summed E-state index contributed by atoms with van der Waals surface area (Å²) < 4.78 is 5.31. The zero-order valence-electron chi connectivity index (χ0n) is 19.1. The molecule has 1 aliphatic heterocycles. The highest BCUT2D eigenvalue weighted by atomic mass is 16.6. The van der Waals surface area contributed by atoms with E-state index in [0.29, 0.717) is 6.42 Å². The quantitative estimate of drug-likeness (QED) is 0.633. The van der Waals surface area contributed by atoms with E-state index in [2.05, 4.69) is 24.3 Å². The van der Waals surface area contributed by atoms with Crippen LogP contribution in [-0.4, -0.2) is 46.2 Å². The molecule has 4 unspecified atom stereocenters. The Morgan fingerprint density at radius 2 is 1.76 bits per heavy atom. The third kappa shape index (κ3) is 7.84. The maximum atomic E-state index is 12.1. The van der Waals surface area contributed by atoms with Crippen LogP contribution in [0.25, 0.3) is 0 Å². The molecule has 0 bridgehead atoms. The van der Waals surface area contributed by atoms with Crippen LogP contribution < -0.4 is 11.1 Å². The van der Waals surface area contributed by atoms with Gasteiger partial charge in [0.2, 0.25) is 0 Å². The zero-order chi connectivity index (χ0) is 22.6. The second kappa shape index (κ2) is 9.78. The van der Waals surface area contributed by atoms with E-state index in [9.17, 15) is 14.7 Å². The third-order valence-corrected chi connectivity index (χ3v) is 4.74. The molecular formula is C21H39N3O5. The van der Waals surface area contributed by atoms with Crippen molar-refractivity contribution in [3.63, 3.8) is 0 Å². The molecule has 1 aliphatic carbocycles. The molecule has 2 rings (SSSR count). The number of carbonyl (C=O) groups excluding carboxylic acids is 1. The molecule has 1 heterocycles. The summed E-state index contributed by atoms with van der Waals surface area (Å²) in [6.45, 7) is 15.4. The molecule has 29 heavy (non-hydrogen) atoms. The van der Waals surface area contributed by atoms with E-state index >= 15 is 0 Å². The molecule has 8 nitrogen and oxygen atoms in total. The Kier molecular flexibility index (Phi) is 8.50. The first-order chi connectivity index (χ1) is 13.2. The molecule has 4 atom stereocenters. The van der Waals surface area contributed by atoms with Crippen molar-refractivity contribution in [3.05, 3.63) is 0 Å². The van der Waals surface area contributed by atoms with Crippen molar-refractivity contribution in [2.45, 2.75) is 97.9 Å². The smallest absolute Gasteiger partial charge is 0.407 e. The summed E-state index contributed by atoms with van der Waals surface area (Å²) >= 11 is 0. The van der Waals surface area contributed by atoms with Gasteiger partial charge in [-0.25, -0.2) is 4.79 Å². The van der Waals surface area contributed by atoms with E-state index in [-0.39, 0.29) is 23.4 Å². The highest BCUT2D eigenvalue weighted by Gasteiger charge is 2.55. The van der Waals surface area contributed by atoms with Crippen molar-refractivity contribution in [1.29, 1.82) is 0 Å². The number of rotatable bonds is 5. The molecule has 8 heteroatoms. The number of nitrogens with zero attached hydrogens (tertiary/aromatic N) is 1. The molecule has 168 valence electrons. The van der Waals surface area contributed by atoms with Crippen molar-refractivity contribution in [2.75, 3.05) is 0 Å². The molecule has 2 aliphatic rings. The molecule has 0 aromatic heterocycles. The molecule has 1 fully saturated rings. The van der Waals surface area contributed by atoms with E-state index in [1.54, 1.807) is 20.8 Å². The second-order valence-electron chi connectivity index (χ2n) is 9.92. The largest absolute Gasteiger partial charge is 0.481 e. The normalized spacial score (nSPS) is 26.1. The summed E-state index contributed by atoms with van der Waals surface area (Å²) in [7, 11) is 0. The summed E-state index contributed by atoms with van der Waals surface area (Å²) in [4.78, 5) is 29.2. The van der Waals surface area contributed by atoms with Gasteiger partial charge in [-0.2, -0.15) is 0 Å². The summed E-state index contributed by atoms with van der Waals surface area (Å²) in [6.07, 6.45) is 1.08. The Hall–Kier alpha value is -1.83. The molecule has 1 amide bonds. The SMILES string of the molecule is CC(C)(C)N.CCC(CC)C1=NOC2C(C(=O)O)CC(NC(=O)OC(C)(C)C)C12. The number of hydrogen-bond acceptors (Lipinski definition) is 6. The lowest BCUT2D eigenvalue weighted by atomic mass is 9.84. The van der Waals surface area contributed by atoms with Crippen molar-refractivity contribution < 1.29 is 24.3 Å². The number of nitrogens with two attached hydrogens (primary N) is 1. The molecule has 0 aromatic rings. The minimum atomic E-state index is -0.917. The van der Waals surface area contributed by atoms with Gasteiger partial charge in [0.1, 0.15) is 5.60 Å². The molecule has 0 saturated heterocycles. The summed E-state index contributed by atoms with van der Waals surface area (Å²) in [5.74, 6) is -1.57. The van der Waals surface area contributed by atoms with Crippen LogP contribution in [0.2, 0.25) is 0 Å². The van der Waals surface area contributed by atoms with Gasteiger partial charge < -0.3 is 25.7 Å². The fourth-order valence-electron chi connectivity index (χ4n) is 3.63. The minimum absolute atomic E-state index is 0. The lowest BCUT2D eigenvalue weighted by Crippen LogP contribution is -2.45. The first-order valence-electron chi connectivity index (χ1n) is 10.4. The number of carboxylic acids is 1. The molecule has 0 aromatic carbocycles. The van der Waals surface area contributed by atoms with Gasteiger partial charge in [0.25, 0.3) is 0 Å². The fourth-order valence-corrected chi connectivity index (χ4v) is 3.63. The van der Waals surface area contributed by atoms with Crippen LogP contribution in [0.4, 0.5) is 4.79 Å². The zero-order valence-corrected chi connectivity index (χ0v) is 19.1. The molecular weight excluding hydrogens is 374 g/mol. The summed E-state index contributed by atoms with van der Waals surface area (Å²) in [5.41, 5.74) is 5.62. The Labute approximate surface area is 174 Å². The van der Waals surface area contributed by atoms with Gasteiger partial charge in [-0.15, -0.1) is 0 Å². The van der Waals surface area contributed by atoms with Gasteiger partial charge in [0.15, 0.2) is 6.10 Å². The van der Waals surface area contributed by atoms with Gasteiger partial charge in [-0.3, -0.25) is 4.79 Å². The number of oxime groups is 1. The summed E-state index contributed by atoms with van der Waals surface area (Å²) in [6, 6.07) is -0.340. The topological polar surface area (TPSA) is 123 Å². The van der Waals surface area contributed by atoms with E-state index < -0.39 is 29.7 Å². The van der Waals surface area contributed by atoms with E-state index in [4.69, 9.17) is 15.3 Å². The standard InChI is InChI=1S/C17H28N2O5.C4H11N/c1-6-9(7-2)13-12-11(18-16(22)23-17(3,4)5)8-10(15(20)21)14(12)24-19-13;1-4(2,3)5/h9-12,14H,6-8H2,1-5H3,(H,18,22)(H,20,21);5H2,1-3H3. The number of carboxylic acid groups (broad SMARTS) is 1. The van der Waals surface area contributed by atoms with Gasteiger partial charge >= 0.3 is 12.1 Å². The monoisotopic (exact) mass is 413 g/mol. The van der Waals surface area contributed by atoms with Crippen LogP contribution >= 0.6 is 0 Å². The first-order valence-corrected chi connectivity index (χ1v) is 10.4. The van der Waals surface area contributed by atoms with Crippen LogP contribution in [-0.2, 0) is 14.4 Å². The van der Waals surface area contributed by atoms with Crippen LogP contribution in [0.15, 0.2) is 5.16 Å². The van der Waals surface area contributed by atoms with Crippen molar-refractivity contribution in [2.24, 2.45) is 28.6 Å². The van der Waals surface area contributed by atoms with Crippen LogP contribution in [0.3, 0.4) is 0 Å². The number of hydrogen-bond donors (Lipinski definition) is 3. The predicted octanol–water partition coefficient (Wildman–Crippen LogP) is 3.54. The van der Waals surface area contributed by atoms with Crippen LogP contribution in [0.1, 0.15) is 74.7 Å². The molecule has 0 radical (unpaired) electrons. The van der Waals surface area contributed by atoms with Crippen molar-refractivity contribution >= 4 is 17.8 Å². The second-order valence-corrected chi connectivity index (χ2v) is 9.92. The average molecular weight is 414 g/mol. The highest BCUT2D eigenvalue weighted by Crippen LogP contribution is 2.41. The number of amides is 1. The molecule has 4 N–H and O–H groups in total. The van der Waals surface area contributed by atoms with E-state index in [1.165, 1.54) is 0 Å². The van der Waals surface area contributed by atoms with Crippen molar-refractivity contribution in [1.82, 2.24) is 5.32 Å². The molecule has 1 saturated carbocycles. The predicted molar refractivity (Wildman–Crippen MR) is 113 cm³/mol. The maximum Gasteiger partial charge on any atom is 0.407 e. The third-order valence-electron chi connectivity index (χ3n) is 4.74. The van der Waals surface area contributed by atoms with E-state index in [1.807, 2.05) is 20.8 Å². The minimum Gasteiger partial charge on any atom is -0.481 e. The Balaban J connectivity index is 0.000000749. The number of alkyl carbamates (subject to hydrolysis) is 1. The summed E-state index contributed by atoms with van der Waals surface area (Å²) in [5, 5.41) is 16.5. The molecule has 0 spiro atoms. The van der Waals surface area contributed by atoms with Gasteiger partial charge in [-0.1, -0.05) is 19.0 Å². The average Bonchev–Trinajstić information content (AvgIpc) is 3.07. The Morgan fingerprint density at radius 3 is 2.17 bits per heavy atom. The lowest BCUT2D eigenvalue weighted by Gasteiger charge is -2.25. The maximum absolute atomic E-state index is 12.1. The Morgan fingerprint density at radius 1 is 1.24 bits per heavy atom. The van der Waals surface area contributed by atoms with Crippen molar-refractivity contribution in [3.8, 4) is 0 Å². The van der Waals surface area contributed by atoms with Gasteiger partial charge in [-0.05, 0) is 60.8 Å². The number of fused-ring (bicyclic) bond motifs is 1. The Bertz CT molecular complexity index is 596. The lowest BCUT2D eigenvalue weighted by molar-refractivity contribution is -0.145. The van der Waals surface area contributed by atoms with Crippen LogP contribution in [0, 0.1) is 17.8 Å². The highest BCUT2D eigenvalue weighted by molar-refractivity contribution is 5.92. The number of nitrogens with one attached hydrogen (secondary N) is 1. The number of ether oxygens (including phenoxy) is 1.